The standard InChI is InChI=1S/C19H14N2O3/c22-17-8-4-3-7-16(17)19-20-18(21-24-19)12-23-15-10-9-13-5-1-2-6-14(13)11-15/h1-11,22H,12H2. The molecule has 3 aromatic carbocycles. The first-order valence-corrected chi connectivity index (χ1v) is 7.52. The van der Waals surface area contributed by atoms with Gasteiger partial charge in [-0.1, -0.05) is 47.6 Å². The molecule has 0 saturated heterocycles. The Balaban J connectivity index is 1.51. The van der Waals surface area contributed by atoms with Gasteiger partial charge in [-0.05, 0) is 35.0 Å². The molecule has 0 aliphatic carbocycles. The molecule has 0 aliphatic rings. The van der Waals surface area contributed by atoms with Crippen molar-refractivity contribution < 1.29 is 14.4 Å². The van der Waals surface area contributed by atoms with E-state index in [-0.39, 0.29) is 18.2 Å². The molecule has 0 fully saturated rings. The Labute approximate surface area is 138 Å². The smallest absolute Gasteiger partial charge is 0.261 e. The first-order valence-electron chi connectivity index (χ1n) is 7.52. The molecule has 4 aromatic rings. The molecule has 0 amide bonds. The van der Waals surface area contributed by atoms with Crippen LogP contribution in [0.3, 0.4) is 0 Å². The highest BCUT2D eigenvalue weighted by Gasteiger charge is 2.12. The van der Waals surface area contributed by atoms with E-state index in [1.165, 1.54) is 0 Å². The number of hydrogen-bond acceptors (Lipinski definition) is 5. The Morgan fingerprint density at radius 2 is 1.71 bits per heavy atom. The van der Waals surface area contributed by atoms with Gasteiger partial charge in [-0.15, -0.1) is 0 Å². The summed E-state index contributed by atoms with van der Waals surface area (Å²) in [5, 5.41) is 16.0. The highest BCUT2D eigenvalue weighted by atomic mass is 16.5. The van der Waals surface area contributed by atoms with E-state index < -0.39 is 0 Å². The molecule has 0 radical (unpaired) electrons. The monoisotopic (exact) mass is 318 g/mol. The topological polar surface area (TPSA) is 68.4 Å². The van der Waals surface area contributed by atoms with Gasteiger partial charge in [0.2, 0.25) is 5.82 Å². The van der Waals surface area contributed by atoms with Crippen molar-refractivity contribution in [2.75, 3.05) is 0 Å². The maximum Gasteiger partial charge on any atom is 0.261 e. The van der Waals surface area contributed by atoms with Gasteiger partial charge in [-0.3, -0.25) is 0 Å². The lowest BCUT2D eigenvalue weighted by atomic mass is 10.1. The molecule has 4 rings (SSSR count). The lowest BCUT2D eigenvalue weighted by Gasteiger charge is -2.04. The third-order valence-electron chi connectivity index (χ3n) is 3.69. The molecule has 0 aliphatic heterocycles. The Morgan fingerprint density at radius 3 is 2.58 bits per heavy atom. The number of nitrogens with zero attached hydrogens (tertiary/aromatic N) is 2. The first-order chi connectivity index (χ1) is 11.8. The van der Waals surface area contributed by atoms with Crippen LogP contribution in [0.5, 0.6) is 11.5 Å². The number of fused-ring (bicyclic) bond motifs is 1. The van der Waals surface area contributed by atoms with Gasteiger partial charge in [0, 0.05) is 0 Å². The van der Waals surface area contributed by atoms with Crippen LogP contribution in [0.25, 0.3) is 22.2 Å². The summed E-state index contributed by atoms with van der Waals surface area (Å²) in [4.78, 5) is 4.26. The van der Waals surface area contributed by atoms with E-state index in [1.807, 2.05) is 36.4 Å². The number of phenolic OH excluding ortho intramolecular Hbond substituents is 1. The van der Waals surface area contributed by atoms with Crippen LogP contribution >= 0.6 is 0 Å². The number of hydrogen-bond donors (Lipinski definition) is 1. The lowest BCUT2D eigenvalue weighted by Crippen LogP contribution is -1.97. The van der Waals surface area contributed by atoms with E-state index in [0.29, 0.717) is 11.4 Å². The third-order valence-corrected chi connectivity index (χ3v) is 3.69. The van der Waals surface area contributed by atoms with E-state index in [1.54, 1.807) is 24.3 Å². The van der Waals surface area contributed by atoms with Gasteiger partial charge in [0.15, 0.2) is 6.61 Å². The predicted molar refractivity (Wildman–Crippen MR) is 89.7 cm³/mol. The van der Waals surface area contributed by atoms with E-state index >= 15 is 0 Å². The molecule has 5 heteroatoms. The van der Waals surface area contributed by atoms with E-state index in [4.69, 9.17) is 9.26 Å². The summed E-state index contributed by atoms with van der Waals surface area (Å²) in [6.45, 7) is 0.190. The van der Waals surface area contributed by atoms with Gasteiger partial charge in [0.1, 0.15) is 11.5 Å². The van der Waals surface area contributed by atoms with Crippen molar-refractivity contribution in [2.45, 2.75) is 6.61 Å². The number of rotatable bonds is 4. The molecule has 1 aromatic heterocycles. The largest absolute Gasteiger partial charge is 0.507 e. The average molecular weight is 318 g/mol. The molecular formula is C19H14N2O3. The maximum absolute atomic E-state index is 9.82. The fourth-order valence-electron chi connectivity index (χ4n) is 2.48. The molecule has 24 heavy (non-hydrogen) atoms. The minimum atomic E-state index is 0.100. The molecule has 0 unspecified atom stereocenters. The zero-order chi connectivity index (χ0) is 16.4. The molecule has 0 atom stereocenters. The fourth-order valence-corrected chi connectivity index (χ4v) is 2.48. The van der Waals surface area contributed by atoms with E-state index in [2.05, 4.69) is 16.2 Å². The summed E-state index contributed by atoms with van der Waals surface area (Å²) in [5.74, 6) is 1.53. The Hall–Kier alpha value is -3.34. The van der Waals surface area contributed by atoms with Crippen molar-refractivity contribution in [2.24, 2.45) is 0 Å². The maximum atomic E-state index is 9.82. The summed E-state index contributed by atoms with van der Waals surface area (Å²) < 4.78 is 10.9. The van der Waals surface area contributed by atoms with Crippen molar-refractivity contribution in [3.8, 4) is 23.0 Å². The van der Waals surface area contributed by atoms with Crippen LogP contribution in [0.15, 0.2) is 71.3 Å². The van der Waals surface area contributed by atoms with Crippen LogP contribution in [0.2, 0.25) is 0 Å². The Bertz CT molecular complexity index is 995. The number of para-hydroxylation sites is 1. The van der Waals surface area contributed by atoms with Crippen LogP contribution in [0, 0.1) is 0 Å². The van der Waals surface area contributed by atoms with Gasteiger partial charge < -0.3 is 14.4 Å². The van der Waals surface area contributed by atoms with Crippen molar-refractivity contribution >= 4 is 10.8 Å². The SMILES string of the molecule is Oc1ccccc1-c1nc(COc2ccc3ccccc3c2)no1. The number of ether oxygens (including phenoxy) is 1. The number of benzene rings is 3. The minimum absolute atomic E-state index is 0.100. The Morgan fingerprint density at radius 1 is 0.917 bits per heavy atom. The number of aromatic nitrogens is 2. The molecule has 5 nitrogen and oxygen atoms in total. The van der Waals surface area contributed by atoms with Crippen LogP contribution in [0.4, 0.5) is 0 Å². The van der Waals surface area contributed by atoms with Crippen molar-refractivity contribution in [3.63, 3.8) is 0 Å². The first kappa shape index (κ1) is 14.3. The summed E-state index contributed by atoms with van der Waals surface area (Å²) in [6.07, 6.45) is 0. The molecule has 118 valence electrons. The van der Waals surface area contributed by atoms with Crippen molar-refractivity contribution in [1.82, 2.24) is 10.1 Å². The van der Waals surface area contributed by atoms with E-state index in [9.17, 15) is 5.11 Å². The highest BCUT2D eigenvalue weighted by molar-refractivity contribution is 5.83. The molecule has 1 heterocycles. The van der Waals surface area contributed by atoms with Gasteiger partial charge in [0.25, 0.3) is 5.89 Å². The summed E-state index contributed by atoms with van der Waals surface area (Å²) >= 11 is 0. The third kappa shape index (κ3) is 2.79. The van der Waals surface area contributed by atoms with Crippen molar-refractivity contribution in [3.05, 3.63) is 72.6 Å². The molecule has 1 N–H and O–H groups in total. The average Bonchev–Trinajstić information content (AvgIpc) is 3.09. The molecule has 0 bridgehead atoms. The van der Waals surface area contributed by atoms with Crippen LogP contribution in [-0.4, -0.2) is 15.2 Å². The zero-order valence-corrected chi connectivity index (χ0v) is 12.7. The van der Waals surface area contributed by atoms with Crippen LogP contribution < -0.4 is 4.74 Å². The fraction of sp³-hybridized carbons (Fsp3) is 0.0526. The highest BCUT2D eigenvalue weighted by Crippen LogP contribution is 2.27. The second kappa shape index (κ2) is 6.04. The van der Waals surface area contributed by atoms with E-state index in [0.717, 1.165) is 16.5 Å². The van der Waals surface area contributed by atoms with Crippen LogP contribution in [0.1, 0.15) is 5.82 Å². The minimum Gasteiger partial charge on any atom is -0.507 e. The van der Waals surface area contributed by atoms with Crippen LogP contribution in [-0.2, 0) is 6.61 Å². The number of phenols is 1. The second-order valence-electron chi connectivity index (χ2n) is 5.33. The van der Waals surface area contributed by atoms with Gasteiger partial charge >= 0.3 is 0 Å². The Kier molecular flexibility index (Phi) is 3.59. The van der Waals surface area contributed by atoms with Gasteiger partial charge in [-0.2, -0.15) is 4.98 Å². The van der Waals surface area contributed by atoms with Gasteiger partial charge in [-0.25, -0.2) is 0 Å². The zero-order valence-electron chi connectivity index (χ0n) is 12.7. The summed E-state index contributed by atoms with van der Waals surface area (Å²) in [5.41, 5.74) is 0.502. The quantitative estimate of drug-likeness (QED) is 0.611. The predicted octanol–water partition coefficient (Wildman–Crippen LogP) is 4.17. The second-order valence-corrected chi connectivity index (χ2v) is 5.33. The molecule has 0 saturated carbocycles. The summed E-state index contributed by atoms with van der Waals surface area (Å²) in [6, 6.07) is 20.8. The normalized spacial score (nSPS) is 10.8. The van der Waals surface area contributed by atoms with Gasteiger partial charge in [0.05, 0.1) is 5.56 Å². The lowest BCUT2D eigenvalue weighted by molar-refractivity contribution is 0.287. The summed E-state index contributed by atoms with van der Waals surface area (Å²) in [7, 11) is 0. The number of aromatic hydroxyl groups is 1. The van der Waals surface area contributed by atoms with Crippen molar-refractivity contribution in [1.29, 1.82) is 0 Å². The molecular weight excluding hydrogens is 304 g/mol. The molecule has 0 spiro atoms.